The molecule has 0 fully saturated rings. The van der Waals surface area contributed by atoms with Gasteiger partial charge in [0.25, 0.3) is 5.91 Å². The number of amides is 1. The van der Waals surface area contributed by atoms with E-state index in [1.54, 1.807) is 24.3 Å². The topological polar surface area (TPSA) is 122 Å². The highest BCUT2D eigenvalue weighted by atomic mass is 16.5. The number of tetrazole rings is 1. The predicted octanol–water partition coefficient (Wildman–Crippen LogP) is -0.102. The Balaban J connectivity index is 1.81. The van der Waals surface area contributed by atoms with Crippen LogP contribution < -0.4 is 5.32 Å². The van der Waals surface area contributed by atoms with E-state index in [0.29, 0.717) is 17.9 Å². The molecule has 1 aliphatic rings. The normalized spacial score (nSPS) is 14.0. The van der Waals surface area contributed by atoms with E-state index in [4.69, 9.17) is 9.84 Å². The third kappa shape index (κ3) is 3.80. The first-order chi connectivity index (χ1) is 13.1. The summed E-state index contributed by atoms with van der Waals surface area (Å²) in [6.45, 7) is 1.99. The minimum Gasteiger partial charge on any atom is -0.466 e. The van der Waals surface area contributed by atoms with Crippen molar-refractivity contribution in [1.82, 2.24) is 25.1 Å². The fourth-order valence-electron chi connectivity index (χ4n) is 2.67. The van der Waals surface area contributed by atoms with Crippen LogP contribution in [-0.4, -0.2) is 68.9 Å². The fraction of sp³-hybridized carbons (Fsp3) is 0.353. The van der Waals surface area contributed by atoms with Crippen molar-refractivity contribution >= 4 is 17.6 Å². The predicted molar refractivity (Wildman–Crippen MR) is 94.9 cm³/mol. The van der Waals surface area contributed by atoms with Gasteiger partial charge in [-0.05, 0) is 29.5 Å². The van der Waals surface area contributed by atoms with Crippen molar-refractivity contribution < 1.29 is 19.4 Å². The van der Waals surface area contributed by atoms with Crippen molar-refractivity contribution in [3.05, 3.63) is 41.4 Å². The van der Waals surface area contributed by atoms with Gasteiger partial charge in [0.2, 0.25) is 0 Å². The molecule has 1 aromatic heterocycles. The maximum atomic E-state index is 12.5. The molecule has 3 rings (SSSR count). The molecule has 2 heterocycles. The van der Waals surface area contributed by atoms with E-state index in [1.165, 1.54) is 16.8 Å². The number of aliphatic hydroxyl groups excluding tert-OH is 1. The number of nitrogens with one attached hydrogen (secondary N) is 1. The first kappa shape index (κ1) is 18.5. The Kier molecular flexibility index (Phi) is 5.46. The lowest BCUT2D eigenvalue weighted by atomic mass is 10.2. The molecule has 2 aromatic rings. The Bertz CT molecular complexity index is 874. The zero-order valence-electron chi connectivity index (χ0n) is 15.0. The lowest BCUT2D eigenvalue weighted by Crippen LogP contribution is -2.31. The second-order valence-electron chi connectivity index (χ2n) is 5.82. The second kappa shape index (κ2) is 7.96. The van der Waals surface area contributed by atoms with Gasteiger partial charge in [-0.2, -0.15) is 0 Å². The number of β-amino-alcohol motifs (C(OH)–C–C–N with tert-alkyl or cyclic N) is 1. The Morgan fingerprint density at radius 2 is 2.07 bits per heavy atom. The maximum Gasteiger partial charge on any atom is 0.337 e. The van der Waals surface area contributed by atoms with Gasteiger partial charge in [-0.15, -0.1) is 15.0 Å². The molecule has 0 saturated carbocycles. The third-order valence-corrected chi connectivity index (χ3v) is 4.09. The molecule has 0 aliphatic carbocycles. The zero-order valence-corrected chi connectivity index (χ0v) is 15.0. The lowest BCUT2D eigenvalue weighted by molar-refractivity contribution is -0.136. The lowest BCUT2D eigenvalue weighted by Gasteiger charge is -2.15. The first-order valence-electron chi connectivity index (χ1n) is 8.45. The summed E-state index contributed by atoms with van der Waals surface area (Å²) in [5.41, 5.74) is 1.71. The van der Waals surface area contributed by atoms with Gasteiger partial charge in [0.1, 0.15) is 5.70 Å². The van der Waals surface area contributed by atoms with Crippen molar-refractivity contribution in [2.24, 2.45) is 0 Å². The number of nitrogens with zero attached hydrogens (tertiary/aromatic N) is 5. The van der Waals surface area contributed by atoms with E-state index in [0.717, 1.165) is 5.69 Å². The molecule has 1 amide bonds. The molecule has 27 heavy (non-hydrogen) atoms. The van der Waals surface area contributed by atoms with Crippen molar-refractivity contribution in [3.63, 3.8) is 0 Å². The smallest absolute Gasteiger partial charge is 0.337 e. The summed E-state index contributed by atoms with van der Waals surface area (Å²) in [6, 6.07) is 7.03. The molecule has 1 aromatic carbocycles. The minimum absolute atomic E-state index is 0.0924. The van der Waals surface area contributed by atoms with Crippen LogP contribution in [0.2, 0.25) is 0 Å². The molecule has 0 saturated heterocycles. The molecule has 0 unspecified atom stereocenters. The Labute approximate surface area is 155 Å². The molecular formula is C17H20N6O4. The van der Waals surface area contributed by atoms with Gasteiger partial charge in [-0.25, -0.2) is 4.79 Å². The number of benzene rings is 1. The number of methoxy groups -OCH3 is 1. The number of ether oxygens (including phenoxy) is 1. The average molecular weight is 372 g/mol. The summed E-state index contributed by atoms with van der Waals surface area (Å²) in [6.07, 6.45) is 0.691. The number of hydrogen-bond acceptors (Lipinski definition) is 8. The van der Waals surface area contributed by atoms with Gasteiger partial charge in [0.05, 0.1) is 31.5 Å². The van der Waals surface area contributed by atoms with Crippen LogP contribution in [-0.2, 0) is 20.7 Å². The van der Waals surface area contributed by atoms with Crippen molar-refractivity contribution in [2.75, 3.05) is 32.1 Å². The summed E-state index contributed by atoms with van der Waals surface area (Å²) in [4.78, 5) is 27.3. The average Bonchev–Trinajstić information content (AvgIpc) is 3.29. The summed E-state index contributed by atoms with van der Waals surface area (Å²) < 4.78 is 4.76. The molecule has 1 aliphatic heterocycles. The van der Waals surface area contributed by atoms with Gasteiger partial charge in [-0.1, -0.05) is 6.92 Å². The number of rotatable bonds is 7. The standard InChI is InChI=1S/C17H20N6O4/c1-3-14-19-21-23(20-14)12-6-4-11(5-7-12)18-15-13(17(26)27-2)10-22(8-9-24)16(15)25/h4-7,18,24H,3,8-10H2,1-2H3. The Morgan fingerprint density at radius 1 is 1.33 bits per heavy atom. The first-order valence-corrected chi connectivity index (χ1v) is 8.45. The summed E-state index contributed by atoms with van der Waals surface area (Å²) >= 11 is 0. The van der Waals surface area contributed by atoms with Crippen molar-refractivity contribution in [3.8, 4) is 5.69 Å². The molecule has 0 radical (unpaired) electrons. The largest absolute Gasteiger partial charge is 0.466 e. The quantitative estimate of drug-likeness (QED) is 0.646. The van der Waals surface area contributed by atoms with Crippen LogP contribution in [0.15, 0.2) is 35.5 Å². The number of carbonyl (C=O) groups is 2. The zero-order chi connectivity index (χ0) is 19.4. The molecule has 10 nitrogen and oxygen atoms in total. The van der Waals surface area contributed by atoms with Crippen molar-refractivity contribution in [1.29, 1.82) is 0 Å². The fourth-order valence-corrected chi connectivity index (χ4v) is 2.67. The van der Waals surface area contributed by atoms with Gasteiger partial charge < -0.3 is 20.1 Å². The Hall–Kier alpha value is -3.27. The minimum atomic E-state index is -0.582. The van der Waals surface area contributed by atoms with E-state index >= 15 is 0 Å². The van der Waals surface area contributed by atoms with Crippen LogP contribution >= 0.6 is 0 Å². The molecule has 2 N–H and O–H groups in total. The van der Waals surface area contributed by atoms with E-state index in [1.807, 2.05) is 6.92 Å². The highest BCUT2D eigenvalue weighted by molar-refractivity contribution is 6.08. The highest BCUT2D eigenvalue weighted by Crippen LogP contribution is 2.23. The summed E-state index contributed by atoms with van der Waals surface area (Å²) in [7, 11) is 1.26. The summed E-state index contributed by atoms with van der Waals surface area (Å²) in [5.74, 6) is -0.300. The van der Waals surface area contributed by atoms with Crippen LogP contribution in [0.3, 0.4) is 0 Å². The van der Waals surface area contributed by atoms with Crippen LogP contribution in [0.1, 0.15) is 12.7 Å². The second-order valence-corrected chi connectivity index (χ2v) is 5.82. The van der Waals surface area contributed by atoms with Crippen LogP contribution in [0.25, 0.3) is 5.69 Å². The third-order valence-electron chi connectivity index (χ3n) is 4.09. The van der Waals surface area contributed by atoms with E-state index < -0.39 is 5.97 Å². The number of hydrogen-bond donors (Lipinski definition) is 2. The molecule has 0 spiro atoms. The number of aliphatic hydroxyl groups is 1. The van der Waals surface area contributed by atoms with Gasteiger partial charge >= 0.3 is 5.97 Å². The highest BCUT2D eigenvalue weighted by Gasteiger charge is 2.34. The Morgan fingerprint density at radius 3 is 2.67 bits per heavy atom. The van der Waals surface area contributed by atoms with Gasteiger partial charge in [0, 0.05) is 18.7 Å². The number of anilines is 1. The molecule has 142 valence electrons. The molecular weight excluding hydrogens is 352 g/mol. The maximum absolute atomic E-state index is 12.5. The van der Waals surface area contributed by atoms with E-state index in [9.17, 15) is 9.59 Å². The van der Waals surface area contributed by atoms with Gasteiger partial charge in [0.15, 0.2) is 5.82 Å². The number of esters is 1. The monoisotopic (exact) mass is 372 g/mol. The molecule has 10 heteroatoms. The van der Waals surface area contributed by atoms with Gasteiger partial charge in [-0.3, -0.25) is 4.79 Å². The molecule has 0 bridgehead atoms. The van der Waals surface area contributed by atoms with E-state index in [2.05, 4.69) is 20.7 Å². The summed E-state index contributed by atoms with van der Waals surface area (Å²) in [5, 5.41) is 24.2. The van der Waals surface area contributed by atoms with Crippen molar-refractivity contribution in [2.45, 2.75) is 13.3 Å². The van der Waals surface area contributed by atoms with Crippen LogP contribution in [0, 0.1) is 0 Å². The SMILES string of the molecule is CCc1nnn(-c2ccc(NC3=C(C(=O)OC)CN(CCO)C3=O)cc2)n1. The van der Waals surface area contributed by atoms with Crippen LogP contribution in [0.4, 0.5) is 5.69 Å². The number of aromatic nitrogens is 4. The number of carbonyl (C=O) groups excluding carboxylic acids is 2. The van der Waals surface area contributed by atoms with E-state index in [-0.39, 0.29) is 36.9 Å². The molecule has 0 atom stereocenters. The number of aryl methyl sites for hydroxylation is 1. The van der Waals surface area contributed by atoms with Crippen LogP contribution in [0.5, 0.6) is 0 Å².